The smallest absolute Gasteiger partial charge is 0.392 e. The molecule has 3 N–H and O–H groups in total. The van der Waals surface area contributed by atoms with Gasteiger partial charge in [0.25, 0.3) is 10.0 Å². The summed E-state index contributed by atoms with van der Waals surface area (Å²) in [5.74, 6) is 0. The highest BCUT2D eigenvalue weighted by Gasteiger charge is 2.65. The van der Waals surface area contributed by atoms with E-state index in [1.807, 2.05) is 0 Å². The van der Waals surface area contributed by atoms with Crippen molar-refractivity contribution in [2.45, 2.75) is 43.1 Å². The van der Waals surface area contributed by atoms with Gasteiger partial charge in [0, 0.05) is 11.3 Å². The summed E-state index contributed by atoms with van der Waals surface area (Å²) in [6.07, 6.45) is -5.24. The summed E-state index contributed by atoms with van der Waals surface area (Å²) in [4.78, 5) is 0. The Hall–Kier alpha value is -1.13. The van der Waals surface area contributed by atoms with E-state index in [1.54, 1.807) is 4.72 Å². The first-order chi connectivity index (χ1) is 8.63. The van der Waals surface area contributed by atoms with Crippen molar-refractivity contribution in [2.75, 3.05) is 0 Å². The molecule has 0 spiro atoms. The molecule has 108 valence electrons. The maximum Gasteiger partial charge on any atom is 0.407 e. The Balaban J connectivity index is 2.34. The normalized spacial score (nSPS) is 18.6. The third kappa shape index (κ3) is 2.35. The van der Waals surface area contributed by atoms with Gasteiger partial charge in [-0.25, -0.2) is 8.42 Å². The monoisotopic (exact) mass is 299 g/mol. The number of aliphatic hydroxyl groups excluding tert-OH is 1. The molecule has 0 saturated heterocycles. The van der Waals surface area contributed by atoms with E-state index >= 15 is 0 Å². The highest BCUT2D eigenvalue weighted by Crippen LogP contribution is 2.49. The highest BCUT2D eigenvalue weighted by molar-refractivity contribution is 7.89. The summed E-state index contributed by atoms with van der Waals surface area (Å²) < 4.78 is 63.7. The number of hydrogen-bond donors (Lipinski definition) is 3. The summed E-state index contributed by atoms with van der Waals surface area (Å²) in [6, 6.07) is 0. The van der Waals surface area contributed by atoms with Gasteiger partial charge in [-0.05, 0) is 19.8 Å². The van der Waals surface area contributed by atoms with Crippen LogP contribution in [0.5, 0.6) is 0 Å². The van der Waals surface area contributed by atoms with Crippen molar-refractivity contribution in [1.82, 2.24) is 14.9 Å². The molecule has 1 saturated carbocycles. The molecule has 1 aromatic rings. The minimum Gasteiger partial charge on any atom is -0.392 e. The van der Waals surface area contributed by atoms with Crippen LogP contribution in [0.25, 0.3) is 0 Å². The van der Waals surface area contributed by atoms with Gasteiger partial charge in [0.1, 0.15) is 5.54 Å². The van der Waals surface area contributed by atoms with Crippen LogP contribution in [0, 0.1) is 6.92 Å². The number of alkyl halides is 3. The molecule has 1 heterocycles. The predicted octanol–water partition coefficient (Wildman–Crippen LogP) is 0.584. The molecular formula is C9H12F3N3O3S. The van der Waals surface area contributed by atoms with E-state index < -0.39 is 33.4 Å². The highest BCUT2D eigenvalue weighted by atomic mass is 32.2. The van der Waals surface area contributed by atoms with Gasteiger partial charge in [-0.1, -0.05) is 0 Å². The fourth-order valence-corrected chi connectivity index (χ4v) is 3.35. The lowest BCUT2D eigenvalue weighted by Gasteiger charge is -2.20. The standard InChI is InChI=1S/C9H12F3N3O3S/c1-5-6(4-16)7(14-13-5)19(17,18)15-8(2-3-8)9(10,11)12/h15-16H,2-4H2,1H3,(H,13,14). The van der Waals surface area contributed by atoms with Crippen molar-refractivity contribution in [2.24, 2.45) is 0 Å². The molecule has 0 amide bonds. The Bertz CT molecular complexity index is 590. The number of hydrogen-bond acceptors (Lipinski definition) is 4. The summed E-state index contributed by atoms with van der Waals surface area (Å²) in [6.45, 7) is 0.839. The Labute approximate surface area is 107 Å². The van der Waals surface area contributed by atoms with E-state index in [2.05, 4.69) is 10.2 Å². The number of nitrogens with one attached hydrogen (secondary N) is 2. The minimum atomic E-state index is -4.65. The molecule has 0 aromatic carbocycles. The van der Waals surface area contributed by atoms with Gasteiger partial charge in [0.15, 0.2) is 5.03 Å². The third-order valence-electron chi connectivity index (χ3n) is 3.07. The fraction of sp³-hybridized carbons (Fsp3) is 0.667. The second kappa shape index (κ2) is 4.18. The number of H-pyrrole nitrogens is 1. The zero-order valence-corrected chi connectivity index (χ0v) is 10.7. The summed E-state index contributed by atoms with van der Waals surface area (Å²) in [5, 5.41) is 14.2. The average molecular weight is 299 g/mol. The Kier molecular flexibility index (Phi) is 3.14. The van der Waals surface area contributed by atoms with Crippen molar-refractivity contribution in [3.05, 3.63) is 11.3 Å². The molecule has 0 aliphatic heterocycles. The number of halogens is 3. The first-order valence-corrected chi connectivity index (χ1v) is 6.87. The first-order valence-electron chi connectivity index (χ1n) is 5.38. The fourth-order valence-electron chi connectivity index (χ4n) is 1.71. The number of aliphatic hydroxyl groups is 1. The average Bonchev–Trinajstić information content (AvgIpc) is 2.93. The Morgan fingerprint density at radius 2 is 2.05 bits per heavy atom. The van der Waals surface area contributed by atoms with E-state index in [4.69, 9.17) is 5.11 Å². The number of sulfonamides is 1. The molecule has 2 rings (SSSR count). The molecule has 1 aliphatic rings. The van der Waals surface area contributed by atoms with Gasteiger partial charge in [0.2, 0.25) is 0 Å². The molecule has 6 nitrogen and oxygen atoms in total. The van der Waals surface area contributed by atoms with Crippen LogP contribution in [-0.2, 0) is 16.6 Å². The maximum absolute atomic E-state index is 12.7. The Morgan fingerprint density at radius 3 is 2.47 bits per heavy atom. The van der Waals surface area contributed by atoms with Crippen molar-refractivity contribution in [3.63, 3.8) is 0 Å². The largest absolute Gasteiger partial charge is 0.407 e. The summed E-state index contributed by atoms with van der Waals surface area (Å²) >= 11 is 0. The van der Waals surface area contributed by atoms with Crippen LogP contribution in [0.4, 0.5) is 13.2 Å². The van der Waals surface area contributed by atoms with Crippen LogP contribution in [0.2, 0.25) is 0 Å². The lowest BCUT2D eigenvalue weighted by atomic mass is 10.3. The van der Waals surface area contributed by atoms with Crippen LogP contribution in [0.15, 0.2) is 5.03 Å². The Morgan fingerprint density at radius 1 is 1.47 bits per heavy atom. The SMILES string of the molecule is Cc1[nH]nc(S(=O)(=O)NC2(C(F)(F)F)CC2)c1CO. The number of nitrogens with zero attached hydrogens (tertiary/aromatic N) is 1. The topological polar surface area (TPSA) is 95.1 Å². The zero-order chi connectivity index (χ0) is 14.5. The van der Waals surface area contributed by atoms with Gasteiger partial charge in [-0.15, -0.1) is 0 Å². The van der Waals surface area contributed by atoms with E-state index in [-0.39, 0.29) is 18.4 Å². The van der Waals surface area contributed by atoms with E-state index in [9.17, 15) is 21.6 Å². The molecule has 0 unspecified atom stereocenters. The molecule has 0 bridgehead atoms. The molecule has 19 heavy (non-hydrogen) atoms. The van der Waals surface area contributed by atoms with E-state index in [0.29, 0.717) is 5.69 Å². The zero-order valence-electron chi connectivity index (χ0n) is 9.87. The van der Waals surface area contributed by atoms with Crippen molar-refractivity contribution < 1.29 is 26.7 Å². The van der Waals surface area contributed by atoms with Gasteiger partial charge in [0.05, 0.1) is 6.61 Å². The molecule has 1 fully saturated rings. The van der Waals surface area contributed by atoms with Gasteiger partial charge < -0.3 is 5.11 Å². The molecular weight excluding hydrogens is 287 g/mol. The molecule has 0 atom stereocenters. The van der Waals surface area contributed by atoms with Crippen molar-refractivity contribution in [3.8, 4) is 0 Å². The maximum atomic E-state index is 12.7. The van der Waals surface area contributed by atoms with Crippen molar-refractivity contribution >= 4 is 10.0 Å². The third-order valence-corrected chi connectivity index (χ3v) is 4.58. The molecule has 1 aromatic heterocycles. The van der Waals surface area contributed by atoms with Gasteiger partial charge >= 0.3 is 6.18 Å². The lowest BCUT2D eigenvalue weighted by molar-refractivity contribution is -0.160. The second-order valence-corrected chi connectivity index (χ2v) is 6.07. The van der Waals surface area contributed by atoms with Crippen LogP contribution in [0.1, 0.15) is 24.1 Å². The van der Waals surface area contributed by atoms with Crippen LogP contribution >= 0.6 is 0 Å². The molecule has 0 radical (unpaired) electrons. The number of aryl methyl sites for hydroxylation is 1. The molecule has 10 heteroatoms. The number of aromatic amines is 1. The summed E-state index contributed by atoms with van der Waals surface area (Å²) in [5.41, 5.74) is -2.14. The van der Waals surface area contributed by atoms with Gasteiger partial charge in [-0.3, -0.25) is 5.10 Å². The van der Waals surface area contributed by atoms with Crippen LogP contribution < -0.4 is 4.72 Å². The molecule has 1 aliphatic carbocycles. The second-order valence-electron chi connectivity index (χ2n) is 4.48. The van der Waals surface area contributed by atoms with Crippen LogP contribution in [-0.4, -0.2) is 35.4 Å². The van der Waals surface area contributed by atoms with Crippen LogP contribution in [0.3, 0.4) is 0 Å². The number of aromatic nitrogens is 2. The number of rotatable bonds is 4. The van der Waals surface area contributed by atoms with Crippen molar-refractivity contribution in [1.29, 1.82) is 0 Å². The quantitative estimate of drug-likeness (QED) is 0.758. The lowest BCUT2D eigenvalue weighted by Crippen LogP contribution is -2.48. The van der Waals surface area contributed by atoms with E-state index in [0.717, 1.165) is 0 Å². The minimum absolute atomic E-state index is 0.0366. The summed E-state index contributed by atoms with van der Waals surface area (Å²) in [7, 11) is -4.43. The predicted molar refractivity (Wildman–Crippen MR) is 57.6 cm³/mol. The van der Waals surface area contributed by atoms with Gasteiger partial charge in [-0.2, -0.15) is 23.0 Å². The first kappa shape index (κ1) is 14.3. The van der Waals surface area contributed by atoms with E-state index in [1.165, 1.54) is 6.92 Å².